The van der Waals surface area contributed by atoms with Gasteiger partial charge in [-0.1, -0.05) is 54.6 Å². The number of nitrogens with zero attached hydrogens (tertiary/aromatic N) is 1. The number of benzene rings is 3. The van der Waals surface area contributed by atoms with Crippen molar-refractivity contribution in [1.82, 2.24) is 10.2 Å². The van der Waals surface area contributed by atoms with Gasteiger partial charge in [0.2, 0.25) is 5.91 Å². The lowest BCUT2D eigenvalue weighted by molar-refractivity contribution is -0.117. The molecule has 0 aliphatic carbocycles. The molecule has 0 aromatic heterocycles. The standard InChI is InChI=1S/C25H29N3O2/c1-19(25(29)27-24-11-10-20-6-2-3-7-21(20)16-24)26-17-22-8-4-5-9-23(22)18-28-12-14-30-15-13-28/h2-11,16,19,26H,12-15,17-18H2,1H3,(H,27,29)/t19-/m0/s1. The van der Waals surface area contributed by atoms with Crippen molar-refractivity contribution in [3.8, 4) is 0 Å². The van der Waals surface area contributed by atoms with Gasteiger partial charge in [0.25, 0.3) is 0 Å². The van der Waals surface area contributed by atoms with E-state index >= 15 is 0 Å². The summed E-state index contributed by atoms with van der Waals surface area (Å²) in [6.45, 7) is 7.00. The molecule has 5 nitrogen and oxygen atoms in total. The number of rotatable bonds is 7. The van der Waals surface area contributed by atoms with Crippen LogP contribution in [0.3, 0.4) is 0 Å². The number of hydrogen-bond acceptors (Lipinski definition) is 4. The molecule has 5 heteroatoms. The fourth-order valence-electron chi connectivity index (χ4n) is 3.76. The Morgan fingerprint density at radius 2 is 1.67 bits per heavy atom. The predicted molar refractivity (Wildman–Crippen MR) is 121 cm³/mol. The zero-order chi connectivity index (χ0) is 20.8. The second-order valence-electron chi connectivity index (χ2n) is 7.81. The predicted octanol–water partition coefficient (Wildman–Crippen LogP) is 3.79. The molecule has 1 aliphatic heterocycles. The van der Waals surface area contributed by atoms with Gasteiger partial charge in [0.15, 0.2) is 0 Å². The first kappa shape index (κ1) is 20.5. The van der Waals surface area contributed by atoms with Crippen LogP contribution in [0, 0.1) is 0 Å². The molecule has 3 aromatic rings. The van der Waals surface area contributed by atoms with Crippen LogP contribution in [0.1, 0.15) is 18.1 Å². The number of morpholine rings is 1. The minimum absolute atomic E-state index is 0.0315. The van der Waals surface area contributed by atoms with Crippen LogP contribution in [0.5, 0.6) is 0 Å². The topological polar surface area (TPSA) is 53.6 Å². The number of anilines is 1. The van der Waals surface area contributed by atoms with Crippen molar-refractivity contribution in [2.75, 3.05) is 31.6 Å². The number of ether oxygens (including phenoxy) is 1. The maximum atomic E-state index is 12.7. The summed E-state index contributed by atoms with van der Waals surface area (Å²) in [6, 6.07) is 22.3. The number of carbonyl (C=O) groups is 1. The highest BCUT2D eigenvalue weighted by atomic mass is 16.5. The first-order valence-electron chi connectivity index (χ1n) is 10.6. The Labute approximate surface area is 178 Å². The van der Waals surface area contributed by atoms with Crippen LogP contribution in [0.15, 0.2) is 66.7 Å². The highest BCUT2D eigenvalue weighted by Crippen LogP contribution is 2.19. The molecule has 1 fully saturated rings. The van der Waals surface area contributed by atoms with Crippen molar-refractivity contribution < 1.29 is 9.53 Å². The van der Waals surface area contributed by atoms with Gasteiger partial charge in [-0.05, 0) is 41.0 Å². The summed E-state index contributed by atoms with van der Waals surface area (Å²) >= 11 is 0. The monoisotopic (exact) mass is 403 g/mol. The van der Waals surface area contributed by atoms with Crippen molar-refractivity contribution in [2.45, 2.75) is 26.1 Å². The highest BCUT2D eigenvalue weighted by molar-refractivity contribution is 5.97. The average Bonchev–Trinajstić information content (AvgIpc) is 2.79. The van der Waals surface area contributed by atoms with E-state index < -0.39 is 0 Å². The molecule has 1 saturated heterocycles. The molecular weight excluding hydrogens is 374 g/mol. The van der Waals surface area contributed by atoms with Crippen LogP contribution >= 0.6 is 0 Å². The Kier molecular flexibility index (Phi) is 6.74. The van der Waals surface area contributed by atoms with Crippen molar-refractivity contribution in [3.05, 3.63) is 77.9 Å². The molecule has 0 spiro atoms. The van der Waals surface area contributed by atoms with E-state index in [2.05, 4.69) is 51.9 Å². The average molecular weight is 404 g/mol. The summed E-state index contributed by atoms with van der Waals surface area (Å²) in [5.41, 5.74) is 3.35. The van der Waals surface area contributed by atoms with Gasteiger partial charge in [0.1, 0.15) is 0 Å². The molecule has 1 atom stereocenters. The number of amides is 1. The molecule has 0 saturated carbocycles. The Bertz CT molecular complexity index is 998. The van der Waals surface area contributed by atoms with Crippen LogP contribution < -0.4 is 10.6 Å². The van der Waals surface area contributed by atoms with E-state index in [4.69, 9.17) is 4.74 Å². The molecule has 1 amide bonds. The summed E-state index contributed by atoms with van der Waals surface area (Å²) in [7, 11) is 0. The minimum atomic E-state index is -0.298. The lowest BCUT2D eigenvalue weighted by atomic mass is 10.1. The largest absolute Gasteiger partial charge is 0.379 e. The van der Waals surface area contributed by atoms with E-state index in [0.29, 0.717) is 6.54 Å². The zero-order valence-corrected chi connectivity index (χ0v) is 17.4. The molecule has 1 heterocycles. The van der Waals surface area contributed by atoms with Gasteiger partial charge in [0.05, 0.1) is 19.3 Å². The van der Waals surface area contributed by atoms with E-state index in [-0.39, 0.29) is 11.9 Å². The van der Waals surface area contributed by atoms with E-state index in [1.54, 1.807) is 0 Å². The summed E-state index contributed by atoms with van der Waals surface area (Å²) in [4.78, 5) is 15.1. The second kappa shape index (κ2) is 9.85. The summed E-state index contributed by atoms with van der Waals surface area (Å²) in [5, 5.41) is 8.69. The van der Waals surface area contributed by atoms with Crippen LogP contribution in [0.4, 0.5) is 5.69 Å². The first-order valence-corrected chi connectivity index (χ1v) is 10.6. The van der Waals surface area contributed by atoms with Crippen molar-refractivity contribution >= 4 is 22.4 Å². The van der Waals surface area contributed by atoms with Crippen molar-refractivity contribution in [1.29, 1.82) is 0 Å². The van der Waals surface area contributed by atoms with E-state index in [9.17, 15) is 4.79 Å². The normalized spacial score (nSPS) is 15.8. The molecule has 4 rings (SSSR count). The Hall–Kier alpha value is -2.73. The van der Waals surface area contributed by atoms with Gasteiger partial charge in [-0.2, -0.15) is 0 Å². The number of carbonyl (C=O) groups excluding carboxylic acids is 1. The lowest BCUT2D eigenvalue weighted by Crippen LogP contribution is -2.38. The van der Waals surface area contributed by atoms with Crippen LogP contribution in [-0.2, 0) is 22.6 Å². The van der Waals surface area contributed by atoms with Crippen LogP contribution in [-0.4, -0.2) is 43.2 Å². The summed E-state index contributed by atoms with van der Waals surface area (Å²) in [6.07, 6.45) is 0. The number of hydrogen-bond donors (Lipinski definition) is 2. The fourth-order valence-corrected chi connectivity index (χ4v) is 3.76. The smallest absolute Gasteiger partial charge is 0.241 e. The third kappa shape index (κ3) is 5.25. The van der Waals surface area contributed by atoms with E-state index in [0.717, 1.165) is 43.9 Å². The van der Waals surface area contributed by atoms with Crippen LogP contribution in [0.25, 0.3) is 10.8 Å². The van der Waals surface area contributed by atoms with E-state index in [1.807, 2.05) is 37.3 Å². The van der Waals surface area contributed by atoms with Gasteiger partial charge in [-0.3, -0.25) is 9.69 Å². The molecular formula is C25H29N3O2. The van der Waals surface area contributed by atoms with Gasteiger partial charge in [-0.15, -0.1) is 0 Å². The molecule has 0 radical (unpaired) electrons. The van der Waals surface area contributed by atoms with E-state index in [1.165, 1.54) is 16.5 Å². The maximum Gasteiger partial charge on any atom is 0.241 e. The molecule has 1 aliphatic rings. The van der Waals surface area contributed by atoms with Crippen molar-refractivity contribution in [2.24, 2.45) is 0 Å². The third-order valence-electron chi connectivity index (χ3n) is 5.63. The van der Waals surface area contributed by atoms with Gasteiger partial charge < -0.3 is 15.4 Å². The van der Waals surface area contributed by atoms with Gasteiger partial charge in [0, 0.05) is 31.9 Å². The fraction of sp³-hybridized carbons (Fsp3) is 0.320. The lowest BCUT2D eigenvalue weighted by Gasteiger charge is -2.27. The SMILES string of the molecule is C[C@H](NCc1ccccc1CN1CCOCC1)C(=O)Nc1ccc2ccccc2c1. The Balaban J connectivity index is 1.34. The Morgan fingerprint density at radius 1 is 0.967 bits per heavy atom. The second-order valence-corrected chi connectivity index (χ2v) is 7.81. The molecule has 2 N–H and O–H groups in total. The van der Waals surface area contributed by atoms with Gasteiger partial charge in [-0.25, -0.2) is 0 Å². The zero-order valence-electron chi connectivity index (χ0n) is 17.4. The summed E-state index contributed by atoms with van der Waals surface area (Å²) in [5.74, 6) is -0.0315. The molecule has 0 bridgehead atoms. The van der Waals surface area contributed by atoms with Crippen molar-refractivity contribution in [3.63, 3.8) is 0 Å². The molecule has 156 valence electrons. The van der Waals surface area contributed by atoms with Gasteiger partial charge >= 0.3 is 0 Å². The maximum absolute atomic E-state index is 12.7. The highest BCUT2D eigenvalue weighted by Gasteiger charge is 2.15. The molecule has 0 unspecified atom stereocenters. The Morgan fingerprint density at radius 3 is 2.47 bits per heavy atom. The van der Waals surface area contributed by atoms with Crippen LogP contribution in [0.2, 0.25) is 0 Å². The number of nitrogens with one attached hydrogen (secondary N) is 2. The third-order valence-corrected chi connectivity index (χ3v) is 5.63. The molecule has 30 heavy (non-hydrogen) atoms. The molecule has 3 aromatic carbocycles. The number of fused-ring (bicyclic) bond motifs is 1. The first-order chi connectivity index (χ1) is 14.7. The summed E-state index contributed by atoms with van der Waals surface area (Å²) < 4.78 is 5.45. The quantitative estimate of drug-likeness (QED) is 0.630. The minimum Gasteiger partial charge on any atom is -0.379 e.